The van der Waals surface area contributed by atoms with E-state index in [-0.39, 0.29) is 16.3 Å². The Labute approximate surface area is 133 Å². The Kier molecular flexibility index (Phi) is 4.85. The number of nitro groups is 1. The Morgan fingerprint density at radius 1 is 1.13 bits per heavy atom. The van der Waals surface area contributed by atoms with Gasteiger partial charge in [-0.05, 0) is 24.1 Å². The molecule has 0 unspecified atom stereocenters. The molecule has 2 aromatic rings. The van der Waals surface area contributed by atoms with Crippen LogP contribution in [0.2, 0.25) is 0 Å². The summed E-state index contributed by atoms with van der Waals surface area (Å²) in [5, 5.41) is 22.4. The molecule has 0 amide bonds. The van der Waals surface area contributed by atoms with Crippen LogP contribution in [-0.2, 0) is 16.4 Å². The van der Waals surface area contributed by atoms with E-state index in [1.807, 2.05) is 6.92 Å². The number of hydrogen-bond acceptors (Lipinski definition) is 5. The van der Waals surface area contributed by atoms with Gasteiger partial charge >= 0.3 is 0 Å². The molecule has 0 aliphatic heterocycles. The summed E-state index contributed by atoms with van der Waals surface area (Å²) < 4.78 is 26.7. The maximum Gasteiger partial charge on any atom is 0.271 e. The van der Waals surface area contributed by atoms with Crippen molar-refractivity contribution in [3.05, 3.63) is 58.1 Å². The van der Waals surface area contributed by atoms with Crippen LogP contribution in [0, 0.1) is 10.1 Å². The van der Waals surface area contributed by atoms with Crippen molar-refractivity contribution in [3.63, 3.8) is 0 Å². The third-order valence-electron chi connectivity index (χ3n) is 3.19. The molecule has 0 bridgehead atoms. The van der Waals surface area contributed by atoms with E-state index in [0.29, 0.717) is 0 Å². The molecule has 8 heteroatoms. The summed E-state index contributed by atoms with van der Waals surface area (Å²) in [6.07, 6.45) is 1.78. The minimum atomic E-state index is -3.98. The first kappa shape index (κ1) is 16.8. The molecule has 2 aromatic carbocycles. The summed E-state index contributed by atoms with van der Waals surface area (Å²) >= 11 is 0. The Hall–Kier alpha value is -2.61. The van der Waals surface area contributed by atoms with Gasteiger partial charge in [-0.1, -0.05) is 37.3 Å². The highest BCUT2D eigenvalue weighted by molar-refractivity contribution is 7.92. The van der Waals surface area contributed by atoms with Crippen LogP contribution in [0.1, 0.15) is 18.9 Å². The van der Waals surface area contributed by atoms with E-state index in [4.69, 9.17) is 0 Å². The van der Waals surface area contributed by atoms with Gasteiger partial charge in [0.2, 0.25) is 0 Å². The molecule has 7 nitrogen and oxygen atoms in total. The first-order valence-corrected chi connectivity index (χ1v) is 8.39. The SMILES string of the molecule is CCCc1ccc(S(=O)(=O)Nc2cc([N+](=O)[O-])ccc2[O-])cc1. The molecule has 0 saturated heterocycles. The van der Waals surface area contributed by atoms with Gasteiger partial charge in [0.1, 0.15) is 0 Å². The summed E-state index contributed by atoms with van der Waals surface area (Å²) in [6, 6.07) is 9.17. The number of rotatable bonds is 6. The fourth-order valence-electron chi connectivity index (χ4n) is 2.04. The van der Waals surface area contributed by atoms with Crippen LogP contribution < -0.4 is 9.83 Å². The highest BCUT2D eigenvalue weighted by Gasteiger charge is 2.16. The second kappa shape index (κ2) is 6.66. The molecule has 2 rings (SSSR count). The predicted molar refractivity (Wildman–Crippen MR) is 83.8 cm³/mol. The Balaban J connectivity index is 2.30. The van der Waals surface area contributed by atoms with Gasteiger partial charge in [-0.25, -0.2) is 8.42 Å². The zero-order valence-electron chi connectivity index (χ0n) is 12.4. The molecule has 0 heterocycles. The predicted octanol–water partition coefficient (Wildman–Crippen LogP) is 2.42. The minimum absolute atomic E-state index is 0.0109. The van der Waals surface area contributed by atoms with Crippen LogP contribution in [0.25, 0.3) is 0 Å². The van der Waals surface area contributed by atoms with Gasteiger partial charge in [0.15, 0.2) is 0 Å². The second-order valence-corrected chi connectivity index (χ2v) is 6.62. The number of benzene rings is 2. The number of non-ortho nitro benzene ring substituents is 1. The number of anilines is 1. The van der Waals surface area contributed by atoms with Crippen molar-refractivity contribution < 1.29 is 18.4 Å². The van der Waals surface area contributed by atoms with E-state index in [1.165, 1.54) is 12.1 Å². The smallest absolute Gasteiger partial charge is 0.271 e. The van der Waals surface area contributed by atoms with Gasteiger partial charge in [-0.15, -0.1) is 0 Å². The van der Waals surface area contributed by atoms with Crippen molar-refractivity contribution >= 4 is 21.4 Å². The molecular formula is C15H15N2O5S-. The lowest BCUT2D eigenvalue weighted by Gasteiger charge is -2.15. The lowest BCUT2D eigenvalue weighted by molar-refractivity contribution is -0.385. The summed E-state index contributed by atoms with van der Waals surface area (Å²) in [5.74, 6) is -0.637. The summed E-state index contributed by atoms with van der Waals surface area (Å²) in [5.41, 5.74) is 0.295. The van der Waals surface area contributed by atoms with E-state index >= 15 is 0 Å². The van der Waals surface area contributed by atoms with Crippen molar-refractivity contribution in [1.29, 1.82) is 0 Å². The summed E-state index contributed by atoms with van der Waals surface area (Å²) in [4.78, 5) is 10.0. The van der Waals surface area contributed by atoms with Crippen LogP contribution in [0.15, 0.2) is 47.4 Å². The Bertz CT molecular complexity index is 816. The number of nitro benzene ring substituents is 1. The first-order chi connectivity index (χ1) is 10.8. The van der Waals surface area contributed by atoms with E-state index in [2.05, 4.69) is 4.72 Å². The molecule has 0 atom stereocenters. The van der Waals surface area contributed by atoms with E-state index in [1.54, 1.807) is 12.1 Å². The topological polar surface area (TPSA) is 112 Å². The summed E-state index contributed by atoms with van der Waals surface area (Å²) in [6.45, 7) is 2.02. The zero-order chi connectivity index (χ0) is 17.0. The molecular weight excluding hydrogens is 320 g/mol. The lowest BCUT2D eigenvalue weighted by Crippen LogP contribution is -2.14. The first-order valence-electron chi connectivity index (χ1n) is 6.90. The third kappa shape index (κ3) is 3.98. The average Bonchev–Trinajstić information content (AvgIpc) is 2.50. The van der Waals surface area contributed by atoms with Crippen molar-refractivity contribution in [2.45, 2.75) is 24.7 Å². The number of nitrogens with one attached hydrogen (secondary N) is 1. The van der Waals surface area contributed by atoms with Crippen molar-refractivity contribution in [2.24, 2.45) is 0 Å². The normalized spacial score (nSPS) is 11.2. The van der Waals surface area contributed by atoms with E-state index < -0.39 is 20.7 Å². The van der Waals surface area contributed by atoms with Crippen molar-refractivity contribution in [1.82, 2.24) is 0 Å². The fourth-order valence-corrected chi connectivity index (χ4v) is 3.10. The molecule has 0 aliphatic rings. The Morgan fingerprint density at radius 3 is 2.35 bits per heavy atom. The van der Waals surface area contributed by atoms with Crippen LogP contribution >= 0.6 is 0 Å². The molecule has 23 heavy (non-hydrogen) atoms. The maximum atomic E-state index is 12.3. The van der Waals surface area contributed by atoms with E-state index in [0.717, 1.165) is 36.6 Å². The number of hydrogen-bond donors (Lipinski definition) is 1. The van der Waals surface area contributed by atoms with E-state index in [9.17, 15) is 23.6 Å². The van der Waals surface area contributed by atoms with Crippen molar-refractivity contribution in [3.8, 4) is 5.75 Å². The van der Waals surface area contributed by atoms with Gasteiger partial charge < -0.3 is 5.11 Å². The average molecular weight is 335 g/mol. The van der Waals surface area contributed by atoms with Crippen LogP contribution in [-0.4, -0.2) is 13.3 Å². The fraction of sp³-hybridized carbons (Fsp3) is 0.200. The molecule has 0 aromatic heterocycles. The van der Waals surface area contributed by atoms with Crippen LogP contribution in [0.5, 0.6) is 5.75 Å². The number of aryl methyl sites for hydroxylation is 1. The molecule has 0 fully saturated rings. The third-order valence-corrected chi connectivity index (χ3v) is 4.57. The standard InChI is InChI=1S/C15H16N2O5S/c1-2-3-11-4-7-13(8-5-11)23(21,22)16-14-10-12(17(19)20)6-9-15(14)18/h4-10,16,18H,2-3H2,1H3/p-1. The number of nitrogens with zero attached hydrogens (tertiary/aromatic N) is 1. The van der Waals surface area contributed by atoms with Crippen LogP contribution in [0.3, 0.4) is 0 Å². The monoisotopic (exact) mass is 335 g/mol. The molecule has 122 valence electrons. The quantitative estimate of drug-likeness (QED) is 0.643. The second-order valence-electron chi connectivity index (χ2n) is 4.94. The van der Waals surface area contributed by atoms with Gasteiger partial charge in [-0.2, -0.15) is 0 Å². The maximum absolute atomic E-state index is 12.3. The minimum Gasteiger partial charge on any atom is -0.871 e. The number of sulfonamides is 1. The lowest BCUT2D eigenvalue weighted by atomic mass is 10.1. The highest BCUT2D eigenvalue weighted by Crippen LogP contribution is 2.28. The van der Waals surface area contributed by atoms with Crippen LogP contribution in [0.4, 0.5) is 11.4 Å². The van der Waals surface area contributed by atoms with Gasteiger partial charge in [-0.3, -0.25) is 14.8 Å². The van der Waals surface area contributed by atoms with Crippen molar-refractivity contribution in [2.75, 3.05) is 4.72 Å². The molecule has 0 radical (unpaired) electrons. The molecule has 1 N–H and O–H groups in total. The largest absolute Gasteiger partial charge is 0.871 e. The zero-order valence-corrected chi connectivity index (χ0v) is 13.2. The summed E-state index contributed by atoms with van der Waals surface area (Å²) in [7, 11) is -3.98. The van der Waals surface area contributed by atoms with Gasteiger partial charge in [0, 0.05) is 17.8 Å². The Morgan fingerprint density at radius 2 is 1.78 bits per heavy atom. The highest BCUT2D eigenvalue weighted by atomic mass is 32.2. The van der Waals surface area contributed by atoms with Gasteiger partial charge in [0.25, 0.3) is 15.7 Å². The van der Waals surface area contributed by atoms with Gasteiger partial charge in [0.05, 0.1) is 9.82 Å². The molecule has 0 aliphatic carbocycles. The molecule has 0 saturated carbocycles. The molecule has 0 spiro atoms.